The molecule has 3 unspecified atom stereocenters. The molecule has 1 aromatic rings. The second-order valence-electron chi connectivity index (χ2n) is 6.34. The Kier molecular flexibility index (Phi) is 2.66. The Hall–Kier alpha value is -0.860. The molecule has 4 rings (SSSR count). The Labute approximate surface area is 109 Å². The van der Waals surface area contributed by atoms with Crippen molar-refractivity contribution < 1.29 is 0 Å². The first-order valence-electron chi connectivity index (χ1n) is 7.43. The monoisotopic (exact) mass is 242 g/mol. The van der Waals surface area contributed by atoms with Gasteiger partial charge in [0.1, 0.15) is 0 Å². The number of hydrogen-bond acceptors (Lipinski definition) is 2. The van der Waals surface area contributed by atoms with Crippen LogP contribution >= 0.6 is 0 Å². The van der Waals surface area contributed by atoms with Gasteiger partial charge < -0.3 is 5.32 Å². The van der Waals surface area contributed by atoms with Gasteiger partial charge in [-0.15, -0.1) is 0 Å². The van der Waals surface area contributed by atoms with E-state index in [9.17, 15) is 0 Å². The number of likely N-dealkylation sites (tertiary alicyclic amines) is 1. The SMILES string of the molecule is c1ccc2c(c1)CNC(CN1CC3CCC1C3)C2. The summed E-state index contributed by atoms with van der Waals surface area (Å²) >= 11 is 0. The summed E-state index contributed by atoms with van der Waals surface area (Å²) in [5.41, 5.74) is 3.06. The lowest BCUT2D eigenvalue weighted by Crippen LogP contribution is -2.46. The van der Waals surface area contributed by atoms with Crippen LogP contribution < -0.4 is 5.32 Å². The number of rotatable bonds is 2. The Balaban J connectivity index is 1.42. The highest BCUT2D eigenvalue weighted by atomic mass is 15.2. The molecule has 1 aliphatic carbocycles. The summed E-state index contributed by atoms with van der Waals surface area (Å²) in [6.45, 7) is 3.68. The maximum atomic E-state index is 3.72. The Bertz CT molecular complexity index is 442. The van der Waals surface area contributed by atoms with Crippen molar-refractivity contribution in [1.82, 2.24) is 10.2 Å². The topological polar surface area (TPSA) is 15.3 Å². The van der Waals surface area contributed by atoms with Gasteiger partial charge in [0, 0.05) is 31.7 Å². The largest absolute Gasteiger partial charge is 0.308 e. The maximum Gasteiger partial charge on any atom is 0.0238 e. The average molecular weight is 242 g/mol. The second-order valence-corrected chi connectivity index (χ2v) is 6.34. The summed E-state index contributed by atoms with van der Waals surface area (Å²) in [5.74, 6) is 1.02. The van der Waals surface area contributed by atoms with E-state index in [0.29, 0.717) is 6.04 Å². The molecule has 2 heterocycles. The smallest absolute Gasteiger partial charge is 0.0238 e. The third-order valence-corrected chi connectivity index (χ3v) is 5.14. The maximum absolute atomic E-state index is 3.72. The fourth-order valence-electron chi connectivity index (χ4n) is 4.18. The summed E-state index contributed by atoms with van der Waals surface area (Å²) in [4.78, 5) is 2.75. The van der Waals surface area contributed by atoms with Crippen LogP contribution in [0.2, 0.25) is 0 Å². The zero-order valence-electron chi connectivity index (χ0n) is 10.9. The van der Waals surface area contributed by atoms with Gasteiger partial charge in [0.25, 0.3) is 0 Å². The molecular weight excluding hydrogens is 220 g/mol. The van der Waals surface area contributed by atoms with E-state index in [2.05, 4.69) is 34.5 Å². The quantitative estimate of drug-likeness (QED) is 0.855. The molecule has 2 fully saturated rings. The Morgan fingerprint density at radius 3 is 2.83 bits per heavy atom. The summed E-state index contributed by atoms with van der Waals surface area (Å²) in [7, 11) is 0. The van der Waals surface area contributed by atoms with Gasteiger partial charge in [-0.25, -0.2) is 0 Å². The minimum atomic E-state index is 0.666. The summed E-state index contributed by atoms with van der Waals surface area (Å²) in [5, 5.41) is 3.72. The molecular formula is C16H22N2. The van der Waals surface area contributed by atoms with Crippen molar-refractivity contribution in [2.24, 2.45) is 5.92 Å². The van der Waals surface area contributed by atoms with Crippen molar-refractivity contribution in [3.63, 3.8) is 0 Å². The molecule has 3 atom stereocenters. The molecule has 1 aromatic carbocycles. The van der Waals surface area contributed by atoms with Crippen molar-refractivity contribution in [2.45, 2.75) is 44.3 Å². The van der Waals surface area contributed by atoms with Crippen LogP contribution in [0.3, 0.4) is 0 Å². The van der Waals surface area contributed by atoms with Gasteiger partial charge in [0.15, 0.2) is 0 Å². The molecule has 96 valence electrons. The normalized spacial score (nSPS) is 34.8. The van der Waals surface area contributed by atoms with E-state index in [4.69, 9.17) is 0 Å². The molecule has 0 spiro atoms. The third kappa shape index (κ3) is 1.88. The highest BCUT2D eigenvalue weighted by Crippen LogP contribution is 2.37. The highest BCUT2D eigenvalue weighted by molar-refractivity contribution is 5.30. The van der Waals surface area contributed by atoms with Gasteiger partial charge in [-0.2, -0.15) is 0 Å². The fourth-order valence-corrected chi connectivity index (χ4v) is 4.18. The molecule has 0 aromatic heterocycles. The van der Waals surface area contributed by atoms with E-state index in [1.807, 2.05) is 0 Å². The van der Waals surface area contributed by atoms with Gasteiger partial charge in [-0.3, -0.25) is 4.90 Å². The van der Waals surface area contributed by atoms with Crippen molar-refractivity contribution in [3.8, 4) is 0 Å². The first kappa shape index (κ1) is 11.0. The minimum absolute atomic E-state index is 0.666. The summed E-state index contributed by atoms with van der Waals surface area (Å²) < 4.78 is 0. The van der Waals surface area contributed by atoms with Crippen LogP contribution in [-0.4, -0.2) is 30.1 Å². The van der Waals surface area contributed by atoms with Crippen LogP contribution in [0.25, 0.3) is 0 Å². The van der Waals surface area contributed by atoms with Gasteiger partial charge in [0.2, 0.25) is 0 Å². The molecule has 3 aliphatic rings. The van der Waals surface area contributed by atoms with Crippen molar-refractivity contribution in [2.75, 3.05) is 13.1 Å². The lowest BCUT2D eigenvalue weighted by Gasteiger charge is -2.33. The number of piperidine rings is 1. The van der Waals surface area contributed by atoms with Crippen LogP contribution in [0.1, 0.15) is 30.4 Å². The number of fused-ring (bicyclic) bond motifs is 3. The molecule has 2 heteroatoms. The van der Waals surface area contributed by atoms with E-state index in [1.54, 1.807) is 5.56 Å². The zero-order valence-corrected chi connectivity index (χ0v) is 10.9. The lowest BCUT2D eigenvalue weighted by molar-refractivity contribution is 0.187. The molecule has 0 radical (unpaired) electrons. The van der Waals surface area contributed by atoms with E-state index in [0.717, 1.165) is 18.5 Å². The molecule has 2 aliphatic heterocycles. The number of nitrogens with one attached hydrogen (secondary N) is 1. The van der Waals surface area contributed by atoms with E-state index in [-0.39, 0.29) is 0 Å². The predicted octanol–water partition coefficient (Wildman–Crippen LogP) is 2.19. The highest BCUT2D eigenvalue weighted by Gasteiger charge is 2.38. The van der Waals surface area contributed by atoms with Crippen LogP contribution in [0.4, 0.5) is 0 Å². The molecule has 1 saturated heterocycles. The number of benzene rings is 1. The van der Waals surface area contributed by atoms with Gasteiger partial charge >= 0.3 is 0 Å². The molecule has 1 N–H and O–H groups in total. The predicted molar refractivity (Wildman–Crippen MR) is 73.5 cm³/mol. The van der Waals surface area contributed by atoms with E-state index >= 15 is 0 Å². The van der Waals surface area contributed by atoms with Crippen LogP contribution in [0, 0.1) is 5.92 Å². The van der Waals surface area contributed by atoms with Gasteiger partial charge in [-0.05, 0) is 42.7 Å². The summed E-state index contributed by atoms with van der Waals surface area (Å²) in [6, 6.07) is 10.5. The van der Waals surface area contributed by atoms with Crippen molar-refractivity contribution >= 4 is 0 Å². The second kappa shape index (κ2) is 4.36. The third-order valence-electron chi connectivity index (χ3n) is 5.14. The Morgan fingerprint density at radius 1 is 1.17 bits per heavy atom. The average Bonchev–Trinajstić information content (AvgIpc) is 3.01. The summed E-state index contributed by atoms with van der Waals surface area (Å²) in [6.07, 6.45) is 5.63. The zero-order chi connectivity index (χ0) is 11.9. The number of hydrogen-bond donors (Lipinski definition) is 1. The molecule has 1 saturated carbocycles. The van der Waals surface area contributed by atoms with Crippen molar-refractivity contribution in [1.29, 1.82) is 0 Å². The molecule has 0 amide bonds. The molecule has 18 heavy (non-hydrogen) atoms. The van der Waals surface area contributed by atoms with E-state index in [1.165, 1.54) is 44.3 Å². The number of nitrogens with zero attached hydrogens (tertiary/aromatic N) is 1. The minimum Gasteiger partial charge on any atom is -0.308 e. The van der Waals surface area contributed by atoms with Crippen molar-refractivity contribution in [3.05, 3.63) is 35.4 Å². The van der Waals surface area contributed by atoms with Crippen LogP contribution in [0.5, 0.6) is 0 Å². The van der Waals surface area contributed by atoms with E-state index < -0.39 is 0 Å². The Morgan fingerprint density at radius 2 is 2.06 bits per heavy atom. The van der Waals surface area contributed by atoms with Gasteiger partial charge in [-0.1, -0.05) is 24.3 Å². The fraction of sp³-hybridized carbons (Fsp3) is 0.625. The van der Waals surface area contributed by atoms with Gasteiger partial charge in [0.05, 0.1) is 0 Å². The first-order chi connectivity index (χ1) is 8.88. The lowest BCUT2D eigenvalue weighted by atomic mass is 9.95. The van der Waals surface area contributed by atoms with Crippen LogP contribution in [-0.2, 0) is 13.0 Å². The van der Waals surface area contributed by atoms with Crippen LogP contribution in [0.15, 0.2) is 24.3 Å². The molecule has 2 bridgehead atoms. The molecule has 2 nitrogen and oxygen atoms in total. The first-order valence-corrected chi connectivity index (χ1v) is 7.43. The standard InChI is InChI=1S/C16H22N2/c1-2-4-14-9-17-15(8-13(14)3-1)11-18-10-12-5-6-16(18)7-12/h1-4,12,15-17H,5-11H2.